The molecule has 5 N–H and O–H groups in total. The first-order chi connectivity index (χ1) is 12.2. The average molecular weight is 367 g/mol. The molecule has 1 aromatic carbocycles. The number of aliphatic hydroxyl groups excluding tert-OH is 3. The van der Waals surface area contributed by atoms with Crippen LogP contribution in [-0.2, 0) is 20.7 Å². The van der Waals surface area contributed by atoms with Gasteiger partial charge < -0.3 is 30.5 Å². The van der Waals surface area contributed by atoms with E-state index in [2.05, 4.69) is 13.8 Å². The van der Waals surface area contributed by atoms with Crippen molar-refractivity contribution in [3.8, 4) is 0 Å². The van der Waals surface area contributed by atoms with Gasteiger partial charge in [0.25, 0.3) is 0 Å². The summed E-state index contributed by atoms with van der Waals surface area (Å²) in [5.41, 5.74) is 7.79. The second-order valence-corrected chi connectivity index (χ2v) is 7.28. The minimum Gasteiger partial charge on any atom is -0.433 e. The van der Waals surface area contributed by atoms with Crippen LogP contribution in [0.25, 0.3) is 0 Å². The molecule has 7 nitrogen and oxygen atoms in total. The molecule has 6 atom stereocenters. The number of esters is 1. The van der Waals surface area contributed by atoms with E-state index in [0.29, 0.717) is 5.92 Å². The summed E-state index contributed by atoms with van der Waals surface area (Å²) in [6, 6.07) is 6.66. The van der Waals surface area contributed by atoms with E-state index in [1.165, 1.54) is 5.56 Å². The predicted molar refractivity (Wildman–Crippen MR) is 95.2 cm³/mol. The molecule has 0 radical (unpaired) electrons. The number of hydrogen-bond donors (Lipinski definition) is 4. The molecule has 26 heavy (non-hydrogen) atoms. The van der Waals surface area contributed by atoms with Gasteiger partial charge in [-0.05, 0) is 30.4 Å². The SMILES string of the molecule is CC(C)Cc1ccc(C(C)C(=O)OC2O[C@H](CO)[C@@H](O)[C@H](O)[C@H]2N)cc1. The molecule has 0 amide bonds. The van der Waals surface area contributed by atoms with Crippen LogP contribution in [0.1, 0.15) is 37.8 Å². The Morgan fingerprint density at radius 2 is 1.81 bits per heavy atom. The normalized spacial score (nSPS) is 30.2. The molecule has 2 unspecified atom stereocenters. The fourth-order valence-corrected chi connectivity index (χ4v) is 2.98. The Morgan fingerprint density at radius 3 is 2.35 bits per heavy atom. The van der Waals surface area contributed by atoms with E-state index in [0.717, 1.165) is 12.0 Å². The Bertz CT molecular complexity index is 588. The Hall–Kier alpha value is -1.51. The lowest BCUT2D eigenvalue weighted by Crippen LogP contribution is -2.62. The monoisotopic (exact) mass is 367 g/mol. The summed E-state index contributed by atoms with van der Waals surface area (Å²) >= 11 is 0. The van der Waals surface area contributed by atoms with Crippen molar-refractivity contribution in [3.05, 3.63) is 35.4 Å². The molecule has 1 heterocycles. The molecule has 146 valence electrons. The number of rotatable bonds is 6. The molecule has 1 aliphatic heterocycles. The number of aliphatic hydroxyl groups is 3. The molecule has 0 aliphatic carbocycles. The smallest absolute Gasteiger partial charge is 0.315 e. The molecule has 1 saturated heterocycles. The van der Waals surface area contributed by atoms with E-state index in [4.69, 9.17) is 15.2 Å². The third-order valence-electron chi connectivity index (χ3n) is 4.64. The standard InChI is InChI=1S/C19H29NO6/c1-10(2)8-12-4-6-13(7-5-12)11(3)18(24)26-19-15(20)17(23)16(22)14(9-21)25-19/h4-7,10-11,14-17,19,21-23H,8-9,20H2,1-3H3/t11?,14-,15-,16-,17-,19?/m1/s1. The highest BCUT2D eigenvalue weighted by Crippen LogP contribution is 2.24. The maximum Gasteiger partial charge on any atom is 0.315 e. The van der Waals surface area contributed by atoms with Crippen LogP contribution in [-0.4, -0.2) is 58.5 Å². The third kappa shape index (κ3) is 4.81. The van der Waals surface area contributed by atoms with E-state index in [1.54, 1.807) is 6.92 Å². The van der Waals surface area contributed by atoms with Gasteiger partial charge in [0.15, 0.2) is 0 Å². The molecule has 1 aromatic rings. The zero-order chi connectivity index (χ0) is 19.4. The molecule has 2 rings (SSSR count). The van der Waals surface area contributed by atoms with Crippen molar-refractivity contribution < 1.29 is 29.6 Å². The fourth-order valence-electron chi connectivity index (χ4n) is 2.98. The molecule has 0 bridgehead atoms. The maximum atomic E-state index is 12.4. The number of benzene rings is 1. The van der Waals surface area contributed by atoms with Gasteiger partial charge in [0.05, 0.1) is 18.6 Å². The number of carbonyl (C=O) groups is 1. The minimum atomic E-state index is -1.36. The van der Waals surface area contributed by atoms with Gasteiger partial charge in [-0.3, -0.25) is 4.79 Å². The van der Waals surface area contributed by atoms with Gasteiger partial charge in [-0.15, -0.1) is 0 Å². The van der Waals surface area contributed by atoms with Crippen molar-refractivity contribution in [2.45, 2.75) is 63.8 Å². The molecule has 7 heteroatoms. The first kappa shape index (κ1) is 20.8. The number of ether oxygens (including phenoxy) is 2. The topological polar surface area (TPSA) is 122 Å². The number of carbonyl (C=O) groups excluding carboxylic acids is 1. The predicted octanol–water partition coefficient (Wildman–Crippen LogP) is 0.298. The Labute approximate surface area is 153 Å². The summed E-state index contributed by atoms with van der Waals surface area (Å²) in [6.07, 6.45) is -4.03. The Morgan fingerprint density at radius 1 is 1.19 bits per heavy atom. The van der Waals surface area contributed by atoms with E-state index in [1.807, 2.05) is 24.3 Å². The summed E-state index contributed by atoms with van der Waals surface area (Å²) in [7, 11) is 0. The van der Waals surface area contributed by atoms with Crippen LogP contribution in [0, 0.1) is 5.92 Å². The second-order valence-electron chi connectivity index (χ2n) is 7.28. The van der Waals surface area contributed by atoms with Crippen LogP contribution in [0.3, 0.4) is 0 Å². The highest BCUT2D eigenvalue weighted by molar-refractivity contribution is 5.77. The summed E-state index contributed by atoms with van der Waals surface area (Å²) < 4.78 is 10.6. The molecule has 1 fully saturated rings. The summed E-state index contributed by atoms with van der Waals surface area (Å²) in [5.74, 6) is -0.549. The summed E-state index contributed by atoms with van der Waals surface area (Å²) in [4.78, 5) is 12.4. The zero-order valence-electron chi connectivity index (χ0n) is 15.4. The van der Waals surface area contributed by atoms with Crippen molar-refractivity contribution in [2.75, 3.05) is 6.61 Å². The van der Waals surface area contributed by atoms with Crippen molar-refractivity contribution in [2.24, 2.45) is 11.7 Å². The molecule has 0 aromatic heterocycles. The van der Waals surface area contributed by atoms with Gasteiger partial charge in [-0.25, -0.2) is 0 Å². The van der Waals surface area contributed by atoms with Crippen LogP contribution < -0.4 is 5.73 Å². The maximum absolute atomic E-state index is 12.4. The molecule has 1 aliphatic rings. The van der Waals surface area contributed by atoms with Crippen molar-refractivity contribution >= 4 is 5.97 Å². The molecule has 0 saturated carbocycles. The van der Waals surface area contributed by atoms with Crippen LogP contribution >= 0.6 is 0 Å². The van der Waals surface area contributed by atoms with Gasteiger partial charge in [-0.1, -0.05) is 38.1 Å². The summed E-state index contributed by atoms with van der Waals surface area (Å²) in [5, 5.41) is 28.9. The zero-order valence-corrected chi connectivity index (χ0v) is 15.4. The van der Waals surface area contributed by atoms with E-state index in [9.17, 15) is 20.1 Å². The second kappa shape index (κ2) is 8.92. The van der Waals surface area contributed by atoms with Gasteiger partial charge in [-0.2, -0.15) is 0 Å². The van der Waals surface area contributed by atoms with Gasteiger partial charge in [0, 0.05) is 0 Å². The van der Waals surface area contributed by atoms with Crippen LogP contribution in [0.5, 0.6) is 0 Å². The summed E-state index contributed by atoms with van der Waals surface area (Å²) in [6.45, 7) is 5.48. The Kier molecular flexibility index (Phi) is 7.14. The van der Waals surface area contributed by atoms with Gasteiger partial charge in [0.2, 0.25) is 6.29 Å². The van der Waals surface area contributed by atoms with Gasteiger partial charge in [0.1, 0.15) is 18.3 Å². The third-order valence-corrected chi connectivity index (χ3v) is 4.64. The number of hydrogen-bond acceptors (Lipinski definition) is 7. The van der Waals surface area contributed by atoms with Crippen LogP contribution in [0.15, 0.2) is 24.3 Å². The van der Waals surface area contributed by atoms with Crippen molar-refractivity contribution in [3.63, 3.8) is 0 Å². The van der Waals surface area contributed by atoms with Crippen molar-refractivity contribution in [1.82, 2.24) is 0 Å². The lowest BCUT2D eigenvalue weighted by atomic mass is 9.96. The largest absolute Gasteiger partial charge is 0.433 e. The fraction of sp³-hybridized carbons (Fsp3) is 0.632. The lowest BCUT2D eigenvalue weighted by molar-refractivity contribution is -0.259. The van der Waals surface area contributed by atoms with Crippen LogP contribution in [0.4, 0.5) is 0 Å². The first-order valence-corrected chi connectivity index (χ1v) is 8.92. The van der Waals surface area contributed by atoms with Gasteiger partial charge >= 0.3 is 5.97 Å². The minimum absolute atomic E-state index is 0.522. The van der Waals surface area contributed by atoms with E-state index >= 15 is 0 Å². The highest BCUT2D eigenvalue weighted by atomic mass is 16.7. The average Bonchev–Trinajstić information content (AvgIpc) is 2.61. The van der Waals surface area contributed by atoms with E-state index < -0.39 is 49.1 Å². The quantitative estimate of drug-likeness (QED) is 0.533. The lowest BCUT2D eigenvalue weighted by Gasteiger charge is -2.40. The molecule has 0 spiro atoms. The van der Waals surface area contributed by atoms with Crippen LogP contribution in [0.2, 0.25) is 0 Å². The first-order valence-electron chi connectivity index (χ1n) is 8.92. The number of nitrogens with two attached hydrogens (primary N) is 1. The molecular weight excluding hydrogens is 338 g/mol. The molecular formula is C19H29NO6. The van der Waals surface area contributed by atoms with Crippen molar-refractivity contribution in [1.29, 1.82) is 0 Å². The Balaban J connectivity index is 2.01. The van der Waals surface area contributed by atoms with E-state index in [-0.39, 0.29) is 0 Å². The highest BCUT2D eigenvalue weighted by Gasteiger charge is 2.44.